The Morgan fingerprint density at radius 1 is 1.04 bits per heavy atom. The van der Waals surface area contributed by atoms with Gasteiger partial charge in [0.15, 0.2) is 6.04 Å². The molecule has 3 heteroatoms. The number of benzene rings is 2. The summed E-state index contributed by atoms with van der Waals surface area (Å²) < 4.78 is 5.30. The Balaban J connectivity index is 2.46. The van der Waals surface area contributed by atoms with Gasteiger partial charge in [0, 0.05) is 17.5 Å². The molecule has 0 aliphatic carbocycles. The van der Waals surface area contributed by atoms with Crippen molar-refractivity contribution in [3.05, 3.63) is 71.8 Å². The zero-order valence-electron chi connectivity index (χ0n) is 14.0. The van der Waals surface area contributed by atoms with Crippen LogP contribution in [-0.4, -0.2) is 23.8 Å². The van der Waals surface area contributed by atoms with Crippen molar-refractivity contribution in [2.75, 3.05) is 0 Å². The van der Waals surface area contributed by atoms with Crippen LogP contribution in [0.1, 0.15) is 31.4 Å². The molecule has 0 aliphatic heterocycles. The van der Waals surface area contributed by atoms with E-state index in [9.17, 15) is 4.79 Å². The monoisotopic (exact) mass is 319 g/mol. The summed E-state index contributed by atoms with van der Waals surface area (Å²) in [5.74, 6) is 2.13. The molecule has 0 N–H and O–H groups in total. The average molecular weight is 319 g/mol. The van der Waals surface area contributed by atoms with Gasteiger partial charge in [-0.15, -0.1) is 12.3 Å². The van der Waals surface area contributed by atoms with E-state index in [0.717, 1.165) is 16.8 Å². The molecule has 24 heavy (non-hydrogen) atoms. The number of nitrogens with zero attached hydrogens (tertiary/aromatic N) is 1. The normalized spacial score (nSPS) is 11.4. The summed E-state index contributed by atoms with van der Waals surface area (Å²) in [5, 5.41) is 0. The van der Waals surface area contributed by atoms with Gasteiger partial charge in [0.2, 0.25) is 0 Å². The van der Waals surface area contributed by atoms with Crippen molar-refractivity contribution >= 4 is 11.7 Å². The lowest BCUT2D eigenvalue weighted by Crippen LogP contribution is -2.26. The topological polar surface area (TPSA) is 38.7 Å². The van der Waals surface area contributed by atoms with Crippen LogP contribution in [-0.2, 0) is 9.53 Å². The van der Waals surface area contributed by atoms with Crippen molar-refractivity contribution in [1.82, 2.24) is 0 Å². The summed E-state index contributed by atoms with van der Waals surface area (Å²) in [5.41, 5.74) is 2.60. The lowest BCUT2D eigenvalue weighted by atomic mass is 10.0. The number of carbonyl (C=O) groups is 1. The highest BCUT2D eigenvalue weighted by Gasteiger charge is 2.21. The van der Waals surface area contributed by atoms with Gasteiger partial charge in [-0.2, -0.15) is 0 Å². The maximum Gasteiger partial charge on any atom is 0.332 e. The SMILES string of the molecule is C#CC[C@H](N=C(c1ccccc1)c1ccccc1)C(=O)OC(C)C. The van der Waals surface area contributed by atoms with E-state index in [1.54, 1.807) is 0 Å². The van der Waals surface area contributed by atoms with Crippen molar-refractivity contribution in [3.63, 3.8) is 0 Å². The Bertz CT molecular complexity index is 686. The number of ether oxygens (including phenoxy) is 1. The summed E-state index contributed by atoms with van der Waals surface area (Å²) in [6, 6.07) is 18.8. The van der Waals surface area contributed by atoms with E-state index in [1.165, 1.54) is 0 Å². The molecule has 2 aromatic carbocycles. The van der Waals surface area contributed by atoms with Gasteiger partial charge in [-0.3, -0.25) is 4.99 Å². The molecule has 3 nitrogen and oxygen atoms in total. The van der Waals surface area contributed by atoms with Crippen LogP contribution in [0.15, 0.2) is 65.7 Å². The van der Waals surface area contributed by atoms with Gasteiger partial charge in [-0.05, 0) is 13.8 Å². The first-order chi connectivity index (χ1) is 11.6. The van der Waals surface area contributed by atoms with Gasteiger partial charge < -0.3 is 4.74 Å². The van der Waals surface area contributed by atoms with E-state index in [0.29, 0.717) is 0 Å². The largest absolute Gasteiger partial charge is 0.461 e. The summed E-state index contributed by atoms with van der Waals surface area (Å²) in [6.07, 6.45) is 5.42. The molecule has 0 spiro atoms. The molecule has 1 atom stereocenters. The minimum atomic E-state index is -0.715. The standard InChI is InChI=1S/C21H21NO2/c1-4-11-19(21(23)24-16(2)3)22-20(17-12-7-5-8-13-17)18-14-9-6-10-15-18/h1,5-10,12-16,19H,11H2,2-3H3/t19-/m0/s1. The van der Waals surface area contributed by atoms with Crippen LogP contribution in [0, 0.1) is 12.3 Å². The van der Waals surface area contributed by atoms with Crippen LogP contribution in [0.3, 0.4) is 0 Å². The minimum absolute atomic E-state index is 0.203. The predicted octanol–water partition coefficient (Wildman–Crippen LogP) is 3.87. The first kappa shape index (κ1) is 17.5. The summed E-state index contributed by atoms with van der Waals surface area (Å²) in [6.45, 7) is 3.62. The molecular formula is C21H21NO2. The van der Waals surface area contributed by atoms with Crippen LogP contribution < -0.4 is 0 Å². The Morgan fingerprint density at radius 2 is 1.54 bits per heavy atom. The van der Waals surface area contributed by atoms with Gasteiger partial charge in [-0.1, -0.05) is 60.7 Å². The molecule has 0 bridgehead atoms. The molecule has 0 radical (unpaired) electrons. The van der Waals surface area contributed by atoms with Gasteiger partial charge in [0.1, 0.15) is 0 Å². The molecule has 0 saturated heterocycles. The van der Waals surface area contributed by atoms with E-state index in [4.69, 9.17) is 11.2 Å². The van der Waals surface area contributed by atoms with Crippen LogP contribution in [0.25, 0.3) is 0 Å². The van der Waals surface area contributed by atoms with Gasteiger partial charge in [0.25, 0.3) is 0 Å². The quantitative estimate of drug-likeness (QED) is 0.460. The number of aliphatic imine (C=N–C) groups is 1. The highest BCUT2D eigenvalue weighted by atomic mass is 16.5. The molecule has 0 aliphatic rings. The molecule has 0 heterocycles. The van der Waals surface area contributed by atoms with Gasteiger partial charge in [0.05, 0.1) is 11.8 Å². The second-order valence-electron chi connectivity index (χ2n) is 5.62. The highest BCUT2D eigenvalue weighted by molar-refractivity contribution is 6.13. The number of esters is 1. The average Bonchev–Trinajstić information content (AvgIpc) is 2.59. The second kappa shape index (κ2) is 8.69. The Morgan fingerprint density at radius 3 is 1.96 bits per heavy atom. The third-order valence-corrected chi connectivity index (χ3v) is 3.31. The fourth-order valence-electron chi connectivity index (χ4n) is 2.27. The molecule has 0 saturated carbocycles. The Labute approximate surface area is 143 Å². The molecule has 122 valence electrons. The van der Waals surface area contributed by atoms with Crippen LogP contribution in [0.4, 0.5) is 0 Å². The fraction of sp³-hybridized carbons (Fsp3) is 0.238. The number of hydrogen-bond donors (Lipinski definition) is 0. The number of carbonyl (C=O) groups excluding carboxylic acids is 1. The number of hydrogen-bond acceptors (Lipinski definition) is 3. The summed E-state index contributed by atoms with van der Waals surface area (Å²) in [7, 11) is 0. The zero-order chi connectivity index (χ0) is 17.4. The lowest BCUT2D eigenvalue weighted by molar-refractivity contribution is -0.148. The molecule has 0 aromatic heterocycles. The second-order valence-corrected chi connectivity index (χ2v) is 5.62. The van der Waals surface area contributed by atoms with Gasteiger partial charge >= 0.3 is 5.97 Å². The molecule has 0 unspecified atom stereocenters. The van der Waals surface area contributed by atoms with E-state index in [-0.39, 0.29) is 12.5 Å². The van der Waals surface area contributed by atoms with Crippen molar-refractivity contribution in [1.29, 1.82) is 0 Å². The van der Waals surface area contributed by atoms with E-state index < -0.39 is 12.0 Å². The molecule has 2 aromatic rings. The van der Waals surface area contributed by atoms with E-state index >= 15 is 0 Å². The third-order valence-electron chi connectivity index (χ3n) is 3.31. The van der Waals surface area contributed by atoms with Crippen molar-refractivity contribution < 1.29 is 9.53 Å². The zero-order valence-corrected chi connectivity index (χ0v) is 14.0. The van der Waals surface area contributed by atoms with Crippen molar-refractivity contribution in [2.24, 2.45) is 4.99 Å². The first-order valence-corrected chi connectivity index (χ1v) is 7.94. The maximum atomic E-state index is 12.3. The summed E-state index contributed by atoms with van der Waals surface area (Å²) >= 11 is 0. The van der Waals surface area contributed by atoms with Crippen LogP contribution in [0.5, 0.6) is 0 Å². The third kappa shape index (κ3) is 4.82. The Kier molecular flexibility index (Phi) is 6.33. The first-order valence-electron chi connectivity index (χ1n) is 7.94. The number of rotatable bonds is 6. The van der Waals surface area contributed by atoms with E-state index in [1.807, 2.05) is 74.5 Å². The van der Waals surface area contributed by atoms with Gasteiger partial charge in [-0.25, -0.2) is 4.79 Å². The maximum absolute atomic E-state index is 12.3. The minimum Gasteiger partial charge on any atom is -0.461 e. The molecular weight excluding hydrogens is 298 g/mol. The highest BCUT2D eigenvalue weighted by Crippen LogP contribution is 2.14. The fourth-order valence-corrected chi connectivity index (χ4v) is 2.27. The van der Waals surface area contributed by atoms with Crippen LogP contribution in [0.2, 0.25) is 0 Å². The number of terminal acetylenes is 1. The molecule has 0 amide bonds. The van der Waals surface area contributed by atoms with Crippen molar-refractivity contribution in [2.45, 2.75) is 32.4 Å². The summed E-state index contributed by atoms with van der Waals surface area (Å²) in [4.78, 5) is 17.0. The van der Waals surface area contributed by atoms with Crippen LogP contribution >= 0.6 is 0 Å². The molecule has 2 rings (SSSR count). The lowest BCUT2D eigenvalue weighted by Gasteiger charge is -2.15. The Hall–Kier alpha value is -2.86. The predicted molar refractivity (Wildman–Crippen MR) is 97.0 cm³/mol. The molecule has 0 fully saturated rings. The van der Waals surface area contributed by atoms with E-state index in [2.05, 4.69) is 10.9 Å². The smallest absolute Gasteiger partial charge is 0.332 e. The van der Waals surface area contributed by atoms with Crippen molar-refractivity contribution in [3.8, 4) is 12.3 Å².